The number of nitro groups is 1. The van der Waals surface area contributed by atoms with Gasteiger partial charge in [0.15, 0.2) is 0 Å². The predicted molar refractivity (Wildman–Crippen MR) is 78.1 cm³/mol. The van der Waals surface area contributed by atoms with Gasteiger partial charge in [0.2, 0.25) is 5.91 Å². The highest BCUT2D eigenvalue weighted by atomic mass is 79.9. The zero-order valence-corrected chi connectivity index (χ0v) is 13.3. The Kier molecular flexibility index (Phi) is 3.94. The highest BCUT2D eigenvalue weighted by Gasteiger charge is 2.44. The van der Waals surface area contributed by atoms with Gasteiger partial charge in [0.25, 0.3) is 5.69 Å². The van der Waals surface area contributed by atoms with E-state index in [2.05, 4.69) is 21.2 Å². The minimum atomic E-state index is -0.984. The number of nitro benzene ring substituents is 1. The van der Waals surface area contributed by atoms with Crippen molar-refractivity contribution in [3.63, 3.8) is 0 Å². The van der Waals surface area contributed by atoms with Crippen LogP contribution in [0.3, 0.4) is 0 Å². The second-order valence-electron chi connectivity index (χ2n) is 5.43. The van der Waals surface area contributed by atoms with Crippen LogP contribution in [0.2, 0.25) is 0 Å². The zero-order chi connectivity index (χ0) is 15.9. The molecule has 2 N–H and O–H groups in total. The fourth-order valence-electron chi connectivity index (χ4n) is 2.32. The van der Waals surface area contributed by atoms with Crippen LogP contribution < -0.4 is 10.1 Å². The van der Waals surface area contributed by atoms with E-state index >= 15 is 0 Å². The fourth-order valence-corrected chi connectivity index (χ4v) is 2.83. The lowest BCUT2D eigenvalue weighted by Gasteiger charge is -2.42. The van der Waals surface area contributed by atoms with E-state index in [1.54, 1.807) is 13.8 Å². The van der Waals surface area contributed by atoms with Gasteiger partial charge in [-0.15, -0.1) is 0 Å². The Morgan fingerprint density at radius 1 is 1.52 bits per heavy atom. The SMILES string of the molecule is CC(=O)NC1c2cc(Br)c([N+](=O)[O-])cc2OC(C)(C)C1O. The van der Waals surface area contributed by atoms with Crippen molar-refractivity contribution in [2.45, 2.75) is 38.5 Å². The number of fused-ring (bicyclic) bond motifs is 1. The highest BCUT2D eigenvalue weighted by Crippen LogP contribution is 2.44. The summed E-state index contributed by atoms with van der Waals surface area (Å²) in [5.74, 6) is -0.0314. The van der Waals surface area contributed by atoms with E-state index in [0.717, 1.165) is 0 Å². The van der Waals surface area contributed by atoms with Crippen LogP contribution in [0.4, 0.5) is 5.69 Å². The molecule has 0 aromatic heterocycles. The number of hydrogen-bond donors (Lipinski definition) is 2. The van der Waals surface area contributed by atoms with Crippen LogP contribution in [-0.2, 0) is 4.79 Å². The Hall–Kier alpha value is -1.67. The van der Waals surface area contributed by atoms with Crippen molar-refractivity contribution in [3.05, 3.63) is 32.3 Å². The van der Waals surface area contributed by atoms with Crippen LogP contribution in [0, 0.1) is 10.1 Å². The summed E-state index contributed by atoms with van der Waals surface area (Å²) in [6.07, 6.45) is -0.984. The molecule has 1 aliphatic heterocycles. The van der Waals surface area contributed by atoms with Crippen molar-refractivity contribution in [2.75, 3.05) is 0 Å². The molecule has 2 unspecified atom stereocenters. The van der Waals surface area contributed by atoms with Gasteiger partial charge in [-0.25, -0.2) is 0 Å². The lowest BCUT2D eigenvalue weighted by molar-refractivity contribution is -0.385. The second kappa shape index (κ2) is 5.27. The number of rotatable bonds is 2. The lowest BCUT2D eigenvalue weighted by atomic mass is 9.86. The fraction of sp³-hybridized carbons (Fsp3) is 0.462. The number of benzene rings is 1. The molecule has 1 amide bonds. The summed E-state index contributed by atoms with van der Waals surface area (Å²) in [4.78, 5) is 21.8. The zero-order valence-electron chi connectivity index (χ0n) is 11.7. The third kappa shape index (κ3) is 2.86. The highest BCUT2D eigenvalue weighted by molar-refractivity contribution is 9.10. The monoisotopic (exact) mass is 358 g/mol. The Bertz CT molecular complexity index is 617. The number of ether oxygens (including phenoxy) is 1. The number of hydrogen-bond acceptors (Lipinski definition) is 5. The summed E-state index contributed by atoms with van der Waals surface area (Å²) in [5, 5.41) is 24.0. The molecule has 0 radical (unpaired) electrons. The average Bonchev–Trinajstić information content (AvgIpc) is 2.34. The first kappa shape index (κ1) is 15.7. The molecule has 7 nitrogen and oxygen atoms in total. The summed E-state index contributed by atoms with van der Waals surface area (Å²) in [7, 11) is 0. The van der Waals surface area contributed by atoms with E-state index in [-0.39, 0.29) is 21.8 Å². The van der Waals surface area contributed by atoms with Crippen LogP contribution >= 0.6 is 15.9 Å². The Morgan fingerprint density at radius 2 is 2.14 bits per heavy atom. The molecule has 0 bridgehead atoms. The molecular weight excluding hydrogens is 344 g/mol. The van der Waals surface area contributed by atoms with Gasteiger partial charge in [0.05, 0.1) is 21.5 Å². The van der Waals surface area contributed by atoms with E-state index in [1.165, 1.54) is 19.1 Å². The van der Waals surface area contributed by atoms with Gasteiger partial charge in [-0.2, -0.15) is 0 Å². The molecule has 1 aliphatic rings. The molecule has 21 heavy (non-hydrogen) atoms. The van der Waals surface area contributed by atoms with Gasteiger partial charge in [-0.05, 0) is 35.8 Å². The number of carbonyl (C=O) groups excluding carboxylic acids is 1. The predicted octanol–water partition coefficient (Wildman–Crippen LogP) is 2.07. The average molecular weight is 359 g/mol. The van der Waals surface area contributed by atoms with Crippen molar-refractivity contribution < 1.29 is 19.6 Å². The maximum Gasteiger partial charge on any atom is 0.287 e. The normalized spacial score (nSPS) is 22.9. The van der Waals surface area contributed by atoms with Crippen LogP contribution in [0.15, 0.2) is 16.6 Å². The molecular formula is C13H15BrN2O5. The lowest BCUT2D eigenvalue weighted by Crippen LogP contribution is -2.53. The van der Waals surface area contributed by atoms with E-state index in [9.17, 15) is 20.0 Å². The number of aliphatic hydroxyl groups excluding tert-OH is 1. The summed E-state index contributed by atoms with van der Waals surface area (Å²) in [6.45, 7) is 4.65. The molecule has 8 heteroatoms. The van der Waals surface area contributed by atoms with Crippen molar-refractivity contribution in [1.82, 2.24) is 5.32 Å². The van der Waals surface area contributed by atoms with Crippen molar-refractivity contribution >= 4 is 27.5 Å². The number of nitrogens with zero attached hydrogens (tertiary/aromatic N) is 1. The largest absolute Gasteiger partial charge is 0.484 e. The number of halogens is 1. The van der Waals surface area contributed by atoms with E-state index in [1.807, 2.05) is 0 Å². The molecule has 0 aliphatic carbocycles. The third-order valence-electron chi connectivity index (χ3n) is 3.37. The molecule has 2 rings (SSSR count). The summed E-state index contributed by atoms with van der Waals surface area (Å²) < 4.78 is 5.92. The minimum absolute atomic E-state index is 0.137. The van der Waals surface area contributed by atoms with Crippen molar-refractivity contribution in [1.29, 1.82) is 0 Å². The Labute approximate surface area is 129 Å². The van der Waals surface area contributed by atoms with Crippen LogP contribution in [0.1, 0.15) is 32.4 Å². The quantitative estimate of drug-likeness (QED) is 0.622. The molecule has 0 saturated carbocycles. The van der Waals surface area contributed by atoms with Crippen LogP contribution in [-0.4, -0.2) is 27.6 Å². The van der Waals surface area contributed by atoms with Gasteiger partial charge in [0.1, 0.15) is 17.5 Å². The standard InChI is InChI=1S/C13H15BrN2O5/c1-6(17)15-11-7-4-8(14)9(16(19)20)5-10(7)21-13(2,3)12(11)18/h4-5,11-12,18H,1-3H3,(H,15,17). The minimum Gasteiger partial charge on any atom is -0.484 e. The van der Waals surface area contributed by atoms with E-state index in [0.29, 0.717) is 5.56 Å². The number of carbonyl (C=O) groups is 1. The number of nitrogens with one attached hydrogen (secondary N) is 1. The molecule has 1 aromatic rings. The van der Waals surface area contributed by atoms with Gasteiger partial charge in [-0.3, -0.25) is 14.9 Å². The van der Waals surface area contributed by atoms with Crippen LogP contribution in [0.25, 0.3) is 0 Å². The first-order chi connectivity index (χ1) is 9.63. The number of amides is 1. The van der Waals surface area contributed by atoms with Gasteiger partial charge in [0, 0.05) is 12.5 Å². The topological polar surface area (TPSA) is 102 Å². The number of aliphatic hydroxyl groups is 1. The molecule has 0 spiro atoms. The molecule has 0 fully saturated rings. The second-order valence-corrected chi connectivity index (χ2v) is 6.28. The molecule has 1 aromatic carbocycles. The first-order valence-corrected chi connectivity index (χ1v) is 7.05. The molecule has 1 heterocycles. The van der Waals surface area contributed by atoms with Crippen molar-refractivity contribution in [3.8, 4) is 5.75 Å². The van der Waals surface area contributed by atoms with Gasteiger partial charge < -0.3 is 15.2 Å². The smallest absolute Gasteiger partial charge is 0.287 e. The maximum absolute atomic E-state index is 11.4. The van der Waals surface area contributed by atoms with E-state index in [4.69, 9.17) is 4.74 Å². The third-order valence-corrected chi connectivity index (χ3v) is 4.01. The van der Waals surface area contributed by atoms with Crippen LogP contribution in [0.5, 0.6) is 5.75 Å². The summed E-state index contributed by atoms with van der Waals surface area (Å²) >= 11 is 3.13. The molecule has 2 atom stereocenters. The first-order valence-electron chi connectivity index (χ1n) is 6.25. The Balaban J connectivity index is 2.59. The molecule has 0 saturated heterocycles. The van der Waals surface area contributed by atoms with E-state index < -0.39 is 22.7 Å². The summed E-state index contributed by atoms with van der Waals surface area (Å²) in [5.41, 5.74) is -0.626. The van der Waals surface area contributed by atoms with Gasteiger partial charge in [-0.1, -0.05) is 0 Å². The maximum atomic E-state index is 11.4. The van der Waals surface area contributed by atoms with Gasteiger partial charge >= 0.3 is 0 Å². The summed E-state index contributed by atoms with van der Waals surface area (Å²) in [6, 6.07) is 2.09. The molecule has 114 valence electrons. The Morgan fingerprint density at radius 3 is 2.67 bits per heavy atom. The van der Waals surface area contributed by atoms with Crippen molar-refractivity contribution in [2.24, 2.45) is 0 Å².